The van der Waals surface area contributed by atoms with Crippen molar-refractivity contribution in [3.05, 3.63) is 17.5 Å². The van der Waals surface area contributed by atoms with Gasteiger partial charge in [0.15, 0.2) is 22.8 Å². The third-order valence-corrected chi connectivity index (χ3v) is 7.32. The fraction of sp³-hybridized carbons (Fsp3) is 0.591. The molecule has 31 heavy (non-hydrogen) atoms. The third kappa shape index (κ3) is 3.91. The van der Waals surface area contributed by atoms with Crippen LogP contribution in [-0.2, 0) is 16.8 Å². The van der Waals surface area contributed by atoms with Crippen molar-refractivity contribution in [2.75, 3.05) is 25.0 Å². The van der Waals surface area contributed by atoms with Gasteiger partial charge in [0.05, 0.1) is 9.88 Å². The summed E-state index contributed by atoms with van der Waals surface area (Å²) >= 11 is 1.68. The number of thiazole rings is 1. The second-order valence-electron chi connectivity index (χ2n) is 9.08. The number of aromatic nitrogens is 5. The molecule has 0 spiro atoms. The molecule has 1 aliphatic rings. The fourth-order valence-electron chi connectivity index (χ4n) is 4.08. The van der Waals surface area contributed by atoms with Crippen molar-refractivity contribution in [3.8, 4) is 10.7 Å². The Morgan fingerprint density at radius 2 is 2.03 bits per heavy atom. The van der Waals surface area contributed by atoms with Crippen LogP contribution in [0.2, 0.25) is 0 Å². The molecule has 1 atom stereocenters. The molecule has 0 radical (unpaired) electrons. The molecule has 1 amide bonds. The van der Waals surface area contributed by atoms with Gasteiger partial charge in [0, 0.05) is 50.8 Å². The lowest BCUT2D eigenvalue weighted by Gasteiger charge is -2.25. The van der Waals surface area contributed by atoms with Gasteiger partial charge in [-0.15, -0.1) is 11.3 Å². The first-order chi connectivity index (χ1) is 14.7. The average molecular weight is 442 g/mol. The first kappa shape index (κ1) is 21.7. The van der Waals surface area contributed by atoms with Crippen molar-refractivity contribution >= 4 is 34.2 Å². The zero-order valence-corrected chi connectivity index (χ0v) is 20.0. The van der Waals surface area contributed by atoms with Crippen molar-refractivity contribution in [2.24, 2.45) is 0 Å². The first-order valence-electron chi connectivity index (χ1n) is 10.9. The van der Waals surface area contributed by atoms with Gasteiger partial charge in [-0.25, -0.2) is 19.9 Å². The molecule has 0 unspecified atom stereocenters. The summed E-state index contributed by atoms with van der Waals surface area (Å²) < 4.78 is 2.13. The molecule has 0 aliphatic carbocycles. The topological polar surface area (TPSA) is 80.0 Å². The Morgan fingerprint density at radius 1 is 1.26 bits per heavy atom. The molecule has 4 rings (SSSR count). The van der Waals surface area contributed by atoms with Gasteiger partial charge in [-0.1, -0.05) is 27.7 Å². The van der Waals surface area contributed by atoms with E-state index in [-0.39, 0.29) is 17.4 Å². The number of aryl methyl sites for hydroxylation is 1. The molecule has 0 N–H and O–H groups in total. The Kier molecular flexibility index (Phi) is 5.72. The van der Waals surface area contributed by atoms with Crippen molar-refractivity contribution in [3.63, 3.8) is 0 Å². The highest BCUT2D eigenvalue weighted by Gasteiger charge is 2.31. The highest BCUT2D eigenvalue weighted by molar-refractivity contribution is 7.15. The van der Waals surface area contributed by atoms with Crippen LogP contribution in [0.3, 0.4) is 0 Å². The van der Waals surface area contributed by atoms with Crippen LogP contribution in [0.5, 0.6) is 0 Å². The van der Waals surface area contributed by atoms with E-state index >= 15 is 0 Å². The second kappa shape index (κ2) is 8.18. The molecule has 0 aromatic carbocycles. The van der Waals surface area contributed by atoms with E-state index in [2.05, 4.69) is 52.1 Å². The number of hydrogen-bond acceptors (Lipinski definition) is 7. The Balaban J connectivity index is 1.72. The van der Waals surface area contributed by atoms with E-state index in [9.17, 15) is 4.79 Å². The number of likely N-dealkylation sites (tertiary alicyclic amines) is 1. The fourth-order valence-corrected chi connectivity index (χ4v) is 5.05. The lowest BCUT2D eigenvalue weighted by atomic mass is 9.98. The maximum absolute atomic E-state index is 12.1. The summed E-state index contributed by atoms with van der Waals surface area (Å²) in [6.07, 6.45) is 5.01. The minimum Gasteiger partial charge on any atom is -0.353 e. The van der Waals surface area contributed by atoms with E-state index in [0.29, 0.717) is 6.42 Å². The smallest absolute Gasteiger partial charge is 0.222 e. The molecule has 166 valence electrons. The number of hydrogen-bond donors (Lipinski definition) is 0. The Morgan fingerprint density at radius 3 is 2.68 bits per heavy atom. The maximum Gasteiger partial charge on any atom is 0.222 e. The third-order valence-electron chi connectivity index (χ3n) is 5.90. The predicted octanol–water partition coefficient (Wildman–Crippen LogP) is 3.71. The molecule has 8 nitrogen and oxygen atoms in total. The van der Waals surface area contributed by atoms with Gasteiger partial charge in [0.2, 0.25) is 5.91 Å². The van der Waals surface area contributed by atoms with E-state index < -0.39 is 0 Å². The maximum atomic E-state index is 12.1. The minimum atomic E-state index is 0.00142. The van der Waals surface area contributed by atoms with E-state index in [4.69, 9.17) is 4.98 Å². The molecule has 9 heteroatoms. The Hall–Kier alpha value is -2.55. The number of likely N-dealkylation sites (N-methyl/N-ethyl adjacent to an activating group) is 1. The van der Waals surface area contributed by atoms with Gasteiger partial charge >= 0.3 is 0 Å². The van der Waals surface area contributed by atoms with E-state index in [1.54, 1.807) is 17.7 Å². The molecule has 1 aliphatic heterocycles. The van der Waals surface area contributed by atoms with E-state index in [0.717, 1.165) is 58.7 Å². The highest BCUT2D eigenvalue weighted by atomic mass is 32.1. The number of carbonyl (C=O) groups is 1. The summed E-state index contributed by atoms with van der Waals surface area (Å²) in [6, 6.07) is 0.222. The normalized spacial score (nSPS) is 17.0. The van der Waals surface area contributed by atoms with Gasteiger partial charge in [0.1, 0.15) is 6.33 Å². The van der Waals surface area contributed by atoms with Crippen molar-refractivity contribution in [1.29, 1.82) is 0 Å². The number of fused-ring (bicyclic) bond motifs is 1. The quantitative estimate of drug-likeness (QED) is 0.600. The molecular formula is C22H31N7OS. The number of anilines is 1. The summed E-state index contributed by atoms with van der Waals surface area (Å²) in [5, 5.41) is 1.09. The number of rotatable bonds is 5. The van der Waals surface area contributed by atoms with Crippen molar-refractivity contribution in [1.82, 2.24) is 29.4 Å². The van der Waals surface area contributed by atoms with Crippen LogP contribution in [0.1, 0.15) is 52.5 Å². The average Bonchev–Trinajstić information content (AvgIpc) is 3.49. The second-order valence-corrected chi connectivity index (χ2v) is 10.1. The van der Waals surface area contributed by atoms with Crippen LogP contribution in [0, 0.1) is 0 Å². The van der Waals surface area contributed by atoms with Gasteiger partial charge in [0.25, 0.3) is 0 Å². The lowest BCUT2D eigenvalue weighted by Crippen LogP contribution is -2.37. The van der Waals surface area contributed by atoms with Crippen LogP contribution in [0.15, 0.2) is 12.5 Å². The Bertz CT molecular complexity index is 1100. The largest absolute Gasteiger partial charge is 0.353 e. The van der Waals surface area contributed by atoms with Gasteiger partial charge in [-0.05, 0) is 13.3 Å². The minimum absolute atomic E-state index is 0.00142. The van der Waals surface area contributed by atoms with Gasteiger partial charge in [-0.3, -0.25) is 4.79 Å². The molecular weight excluding hydrogens is 410 g/mol. The van der Waals surface area contributed by atoms with Crippen molar-refractivity contribution < 1.29 is 4.79 Å². The summed E-state index contributed by atoms with van der Waals surface area (Å²) in [6.45, 7) is 12.8. The molecule has 0 bridgehead atoms. The van der Waals surface area contributed by atoms with E-state index in [1.165, 1.54) is 0 Å². The number of carbonyl (C=O) groups excluding carboxylic acids is 1. The predicted molar refractivity (Wildman–Crippen MR) is 124 cm³/mol. The molecule has 1 saturated heterocycles. The lowest BCUT2D eigenvalue weighted by molar-refractivity contribution is -0.129. The van der Waals surface area contributed by atoms with Crippen LogP contribution in [0.25, 0.3) is 21.9 Å². The number of imidazole rings is 1. The summed E-state index contributed by atoms with van der Waals surface area (Å²) in [7, 11) is 2.04. The molecule has 3 aromatic rings. The van der Waals surface area contributed by atoms with Crippen LogP contribution in [0.4, 0.5) is 5.82 Å². The van der Waals surface area contributed by atoms with Gasteiger partial charge in [-0.2, -0.15) is 0 Å². The zero-order chi connectivity index (χ0) is 22.3. The van der Waals surface area contributed by atoms with Crippen LogP contribution in [-0.4, -0.2) is 61.5 Å². The molecule has 1 fully saturated rings. The Labute approximate surface area is 187 Å². The van der Waals surface area contributed by atoms with Crippen LogP contribution < -0.4 is 4.90 Å². The first-order valence-corrected chi connectivity index (χ1v) is 11.7. The molecule has 0 saturated carbocycles. The molecule has 4 heterocycles. The summed E-state index contributed by atoms with van der Waals surface area (Å²) in [5.41, 5.74) is 1.63. The summed E-state index contributed by atoms with van der Waals surface area (Å²) in [4.78, 5) is 36.1. The van der Waals surface area contributed by atoms with Crippen molar-refractivity contribution in [2.45, 2.75) is 65.5 Å². The van der Waals surface area contributed by atoms with E-state index in [1.807, 2.05) is 25.1 Å². The number of amides is 1. The summed E-state index contributed by atoms with van der Waals surface area (Å²) in [5.74, 6) is 1.91. The van der Waals surface area contributed by atoms with Gasteiger partial charge < -0.3 is 14.4 Å². The van der Waals surface area contributed by atoms with Crippen LogP contribution >= 0.6 is 11.3 Å². The zero-order valence-electron chi connectivity index (χ0n) is 19.2. The molecule has 3 aromatic heterocycles. The highest BCUT2D eigenvalue weighted by Crippen LogP contribution is 2.35. The monoisotopic (exact) mass is 441 g/mol. The SMILES string of the molecule is CCC(=O)N1CC[C@H](N(C)c2ncnc3c2nc(-c2cnc(C(C)(C)C)s2)n3CC)C1. The standard InChI is InChI=1S/C22H31N7OS/c1-7-16(30)28-10-9-14(12-28)27(6)19-17-20(25-13-24-19)29(8-2)18(26-17)15-11-23-21(31-15)22(3,4)5/h11,13-14H,7-10,12H2,1-6H3/t14-/m0/s1. The number of nitrogens with zero attached hydrogens (tertiary/aromatic N) is 7.